The fourth-order valence-corrected chi connectivity index (χ4v) is 3.95. The van der Waals surface area contributed by atoms with E-state index in [9.17, 15) is 18.0 Å². The van der Waals surface area contributed by atoms with Gasteiger partial charge >= 0.3 is 6.18 Å². The highest BCUT2D eigenvalue weighted by molar-refractivity contribution is 5.86. The van der Waals surface area contributed by atoms with Crippen LogP contribution in [0.3, 0.4) is 0 Å². The summed E-state index contributed by atoms with van der Waals surface area (Å²) in [5, 5.41) is 0.791. The van der Waals surface area contributed by atoms with Crippen LogP contribution in [0.1, 0.15) is 23.2 Å². The van der Waals surface area contributed by atoms with E-state index in [0.29, 0.717) is 23.6 Å². The van der Waals surface area contributed by atoms with E-state index in [1.807, 2.05) is 51.5 Å². The first-order valence-corrected chi connectivity index (χ1v) is 12.5. The van der Waals surface area contributed by atoms with Crippen molar-refractivity contribution in [1.29, 1.82) is 0 Å². The molecule has 0 fully saturated rings. The van der Waals surface area contributed by atoms with Crippen molar-refractivity contribution in [2.75, 3.05) is 39.1 Å². The van der Waals surface area contributed by atoms with E-state index in [1.165, 1.54) is 18.6 Å². The van der Waals surface area contributed by atoms with Gasteiger partial charge in [-0.05, 0) is 68.0 Å². The second kappa shape index (κ2) is 12.2. The van der Waals surface area contributed by atoms with Crippen LogP contribution in [0.25, 0.3) is 10.9 Å². The number of alkyl halides is 3. The molecule has 0 spiro atoms. The van der Waals surface area contributed by atoms with Crippen LogP contribution in [0.2, 0.25) is 0 Å². The maximum Gasteiger partial charge on any atom is 0.433 e. The summed E-state index contributed by atoms with van der Waals surface area (Å²) < 4.78 is 44.0. The zero-order valence-electron chi connectivity index (χ0n) is 22.1. The Hall–Kier alpha value is -4.05. The third kappa shape index (κ3) is 7.73. The number of ether oxygens (including phenoxy) is 1. The summed E-state index contributed by atoms with van der Waals surface area (Å²) in [4.78, 5) is 28.9. The fraction of sp³-hybridized carbons (Fsp3) is 0.310. The summed E-state index contributed by atoms with van der Waals surface area (Å²) in [7, 11) is 6.13. The Kier molecular flexibility index (Phi) is 8.75. The van der Waals surface area contributed by atoms with Gasteiger partial charge in [0.15, 0.2) is 0 Å². The van der Waals surface area contributed by atoms with E-state index < -0.39 is 11.9 Å². The molecule has 0 saturated heterocycles. The molecule has 0 amide bonds. The summed E-state index contributed by atoms with van der Waals surface area (Å²) >= 11 is 0. The van der Waals surface area contributed by atoms with E-state index in [2.05, 4.69) is 24.8 Å². The quantitative estimate of drug-likeness (QED) is 0.247. The smallest absolute Gasteiger partial charge is 0.433 e. The van der Waals surface area contributed by atoms with Gasteiger partial charge in [-0.15, -0.1) is 0 Å². The molecule has 204 valence electrons. The number of Topliss-reactive ketones (excluding diaryl/α,β-unsaturated/α-hetero) is 1. The number of aryl methyl sites for hydroxylation is 1. The summed E-state index contributed by atoms with van der Waals surface area (Å²) in [5.74, 6) is 1.00. The SMILES string of the molecule is CN(C)CCN(C)c1ccc2c(Oc3ccc(CC(=O)CCc4ccc(C(F)(F)F)nc4)cc3)ncnc2c1. The molecule has 0 aliphatic rings. The molecule has 0 unspecified atom stereocenters. The van der Waals surface area contributed by atoms with Gasteiger partial charge in [0, 0.05) is 44.9 Å². The van der Waals surface area contributed by atoms with E-state index >= 15 is 0 Å². The predicted octanol–water partition coefficient (Wildman–Crippen LogP) is 5.58. The van der Waals surface area contributed by atoms with E-state index in [1.54, 1.807) is 12.1 Å². The lowest BCUT2D eigenvalue weighted by molar-refractivity contribution is -0.141. The number of benzene rings is 2. The minimum atomic E-state index is -4.48. The van der Waals surface area contributed by atoms with Crippen LogP contribution in [0, 0.1) is 0 Å². The summed E-state index contributed by atoms with van der Waals surface area (Å²) in [5.41, 5.74) is 2.29. The summed E-state index contributed by atoms with van der Waals surface area (Å²) in [6.45, 7) is 1.82. The van der Waals surface area contributed by atoms with Gasteiger partial charge < -0.3 is 14.5 Å². The highest BCUT2D eigenvalue weighted by Gasteiger charge is 2.32. The first-order chi connectivity index (χ1) is 18.6. The van der Waals surface area contributed by atoms with Gasteiger partial charge in [-0.1, -0.05) is 18.2 Å². The monoisotopic (exact) mass is 537 g/mol. The molecule has 0 N–H and O–H groups in total. The number of ketones is 1. The Morgan fingerprint density at radius 3 is 2.31 bits per heavy atom. The standard InChI is InChI=1S/C29H30F3N5O2/c1-36(2)14-15-37(3)22-8-12-25-26(17-22)34-19-35-28(25)39-24-10-5-20(6-11-24)16-23(38)9-4-21-7-13-27(33-18-21)29(30,31)32/h5-8,10-13,17-19H,4,9,14-16H2,1-3H3. The van der Waals surface area contributed by atoms with Crippen LogP contribution in [-0.4, -0.2) is 59.9 Å². The molecule has 39 heavy (non-hydrogen) atoms. The number of aromatic nitrogens is 3. The average Bonchev–Trinajstić information content (AvgIpc) is 2.91. The van der Waals surface area contributed by atoms with Crippen molar-refractivity contribution in [2.45, 2.75) is 25.4 Å². The molecule has 0 atom stereocenters. The zero-order chi connectivity index (χ0) is 28.0. The number of rotatable bonds is 11. The molecular weight excluding hydrogens is 507 g/mol. The molecule has 4 rings (SSSR count). The molecule has 4 aromatic rings. The summed E-state index contributed by atoms with van der Waals surface area (Å²) in [6, 6.07) is 15.4. The van der Waals surface area contributed by atoms with Crippen molar-refractivity contribution in [3.05, 3.63) is 83.9 Å². The first-order valence-electron chi connectivity index (χ1n) is 12.5. The van der Waals surface area contributed by atoms with Crippen LogP contribution >= 0.6 is 0 Å². The van der Waals surface area contributed by atoms with Gasteiger partial charge in [0.05, 0.1) is 10.9 Å². The van der Waals surface area contributed by atoms with Gasteiger partial charge in [-0.3, -0.25) is 9.78 Å². The molecular formula is C29H30F3N5O2. The molecule has 0 saturated carbocycles. The van der Waals surface area contributed by atoms with Crippen molar-refractivity contribution < 1.29 is 22.7 Å². The predicted molar refractivity (Wildman–Crippen MR) is 144 cm³/mol. The lowest BCUT2D eigenvalue weighted by Crippen LogP contribution is -2.28. The van der Waals surface area contributed by atoms with Crippen molar-refractivity contribution >= 4 is 22.4 Å². The maximum atomic E-state index is 12.6. The van der Waals surface area contributed by atoms with Crippen molar-refractivity contribution in [3.8, 4) is 11.6 Å². The molecule has 7 nitrogen and oxygen atoms in total. The normalized spacial score (nSPS) is 11.7. The van der Waals surface area contributed by atoms with E-state index in [4.69, 9.17) is 4.74 Å². The van der Waals surface area contributed by atoms with Gasteiger partial charge in [0.1, 0.15) is 23.6 Å². The molecule has 2 aromatic heterocycles. The van der Waals surface area contributed by atoms with Gasteiger partial charge in [0.25, 0.3) is 0 Å². The molecule has 0 aliphatic heterocycles. The van der Waals surface area contributed by atoms with Gasteiger partial charge in [-0.25, -0.2) is 9.97 Å². The zero-order valence-corrected chi connectivity index (χ0v) is 22.1. The highest BCUT2D eigenvalue weighted by atomic mass is 19.4. The fourth-order valence-electron chi connectivity index (χ4n) is 3.95. The molecule has 0 aliphatic carbocycles. The average molecular weight is 538 g/mol. The van der Waals surface area contributed by atoms with Crippen LogP contribution in [0.4, 0.5) is 18.9 Å². The van der Waals surface area contributed by atoms with Crippen LogP contribution < -0.4 is 9.64 Å². The molecule has 0 radical (unpaired) electrons. The molecule has 10 heteroatoms. The maximum absolute atomic E-state index is 12.6. The van der Waals surface area contributed by atoms with E-state index in [0.717, 1.165) is 41.3 Å². The number of nitrogens with zero attached hydrogens (tertiary/aromatic N) is 5. The Bertz CT molecular complexity index is 1410. The highest BCUT2D eigenvalue weighted by Crippen LogP contribution is 2.30. The Morgan fingerprint density at radius 2 is 1.64 bits per heavy atom. The number of pyridine rings is 1. The van der Waals surface area contributed by atoms with Gasteiger partial charge in [-0.2, -0.15) is 13.2 Å². The number of likely N-dealkylation sites (N-methyl/N-ethyl adjacent to an activating group) is 2. The largest absolute Gasteiger partial charge is 0.438 e. The van der Waals surface area contributed by atoms with Crippen LogP contribution in [-0.2, 0) is 23.8 Å². The van der Waals surface area contributed by atoms with Crippen molar-refractivity contribution in [3.63, 3.8) is 0 Å². The Balaban J connectivity index is 1.34. The number of halogens is 3. The topological polar surface area (TPSA) is 71.5 Å². The van der Waals surface area contributed by atoms with Crippen molar-refractivity contribution in [1.82, 2.24) is 19.9 Å². The van der Waals surface area contributed by atoms with Crippen LogP contribution in [0.5, 0.6) is 11.6 Å². The third-order valence-corrected chi connectivity index (χ3v) is 6.25. The third-order valence-electron chi connectivity index (χ3n) is 6.25. The number of hydrogen-bond acceptors (Lipinski definition) is 7. The minimum Gasteiger partial charge on any atom is -0.438 e. The Morgan fingerprint density at radius 1 is 0.897 bits per heavy atom. The lowest BCUT2D eigenvalue weighted by Gasteiger charge is -2.21. The second-order valence-electron chi connectivity index (χ2n) is 9.62. The van der Waals surface area contributed by atoms with Crippen LogP contribution in [0.15, 0.2) is 67.1 Å². The molecule has 2 heterocycles. The molecule has 0 bridgehead atoms. The van der Waals surface area contributed by atoms with Gasteiger partial charge in [0.2, 0.25) is 5.88 Å². The number of hydrogen-bond donors (Lipinski definition) is 0. The number of anilines is 1. The van der Waals surface area contributed by atoms with Crippen molar-refractivity contribution in [2.24, 2.45) is 0 Å². The Labute approximate surface area is 225 Å². The summed E-state index contributed by atoms with van der Waals surface area (Å²) in [6.07, 6.45) is -1.07. The minimum absolute atomic E-state index is 0.0169. The lowest BCUT2D eigenvalue weighted by atomic mass is 10.0. The molecule has 2 aromatic carbocycles. The number of carbonyl (C=O) groups excluding carboxylic acids is 1. The number of carbonyl (C=O) groups is 1. The second-order valence-corrected chi connectivity index (χ2v) is 9.62. The number of fused-ring (bicyclic) bond motifs is 1. The first kappa shape index (κ1) is 28.0. The van der Waals surface area contributed by atoms with E-state index in [-0.39, 0.29) is 18.6 Å².